The quantitative estimate of drug-likeness (QED) is 0.453. The molecule has 0 fully saturated rings. The first kappa shape index (κ1) is 22.6. The van der Waals surface area contributed by atoms with Crippen LogP contribution in [0.4, 0.5) is 4.39 Å². The molecule has 0 aliphatic carbocycles. The highest BCUT2D eigenvalue weighted by molar-refractivity contribution is 6.00. The van der Waals surface area contributed by atoms with Crippen molar-refractivity contribution in [3.05, 3.63) is 101 Å². The van der Waals surface area contributed by atoms with E-state index in [1.165, 1.54) is 12.1 Å². The van der Waals surface area contributed by atoms with Gasteiger partial charge in [0.1, 0.15) is 22.7 Å². The van der Waals surface area contributed by atoms with Gasteiger partial charge in [-0.2, -0.15) is 5.10 Å². The number of hydrogen-bond acceptors (Lipinski definition) is 4. The fourth-order valence-corrected chi connectivity index (χ4v) is 4.41. The van der Waals surface area contributed by atoms with Crippen LogP contribution in [0, 0.1) is 12.7 Å². The van der Waals surface area contributed by atoms with Crippen LogP contribution in [0.2, 0.25) is 0 Å². The third-order valence-corrected chi connectivity index (χ3v) is 6.49. The zero-order valence-electron chi connectivity index (χ0n) is 19.5. The second kappa shape index (κ2) is 8.87. The first-order valence-corrected chi connectivity index (χ1v) is 11.4. The molecular weight excluding hydrogens is 447 g/mol. The average Bonchev–Trinajstić information content (AvgIpc) is 3.51. The van der Waals surface area contributed by atoms with Crippen molar-refractivity contribution >= 4 is 11.8 Å². The summed E-state index contributed by atoms with van der Waals surface area (Å²) >= 11 is 0. The zero-order chi connectivity index (χ0) is 24.6. The topological polar surface area (TPSA) is 80.4 Å². The van der Waals surface area contributed by atoms with Gasteiger partial charge in [0.15, 0.2) is 5.76 Å². The standard InChI is InChI=1S/C27H25FN4O3/c1-18-7-3-4-9-20(18)16-31-25(33)23-14-22(24-11-6-12-35-24)30-32(23)17-27(31,2)26(34)29-15-19-8-5-10-21(28)13-19/h3-14H,15-17H2,1-2H3,(H,29,34)/t27-/m1/s1. The van der Waals surface area contributed by atoms with Gasteiger partial charge in [-0.15, -0.1) is 0 Å². The molecule has 0 saturated heterocycles. The molecule has 0 saturated carbocycles. The molecule has 0 bridgehead atoms. The molecule has 2 amide bonds. The van der Waals surface area contributed by atoms with Crippen molar-refractivity contribution < 1.29 is 18.4 Å². The van der Waals surface area contributed by atoms with Crippen molar-refractivity contribution in [2.45, 2.75) is 39.0 Å². The monoisotopic (exact) mass is 472 g/mol. The lowest BCUT2D eigenvalue weighted by molar-refractivity contribution is -0.133. The normalized spacial score (nSPS) is 17.3. The first-order valence-electron chi connectivity index (χ1n) is 11.4. The number of carbonyl (C=O) groups excluding carboxylic acids is 2. The van der Waals surface area contributed by atoms with Gasteiger partial charge in [0, 0.05) is 19.2 Å². The molecule has 2 aromatic carbocycles. The fraction of sp³-hybridized carbons (Fsp3) is 0.222. The van der Waals surface area contributed by atoms with Crippen molar-refractivity contribution in [2.75, 3.05) is 0 Å². The number of nitrogens with zero attached hydrogens (tertiary/aromatic N) is 3. The summed E-state index contributed by atoms with van der Waals surface area (Å²) in [5.41, 5.74) is 2.29. The molecule has 0 spiro atoms. The number of aromatic nitrogens is 2. The second-order valence-corrected chi connectivity index (χ2v) is 8.95. The Balaban J connectivity index is 1.50. The van der Waals surface area contributed by atoms with E-state index < -0.39 is 5.54 Å². The lowest BCUT2D eigenvalue weighted by atomic mass is 9.93. The van der Waals surface area contributed by atoms with Crippen LogP contribution in [0.5, 0.6) is 0 Å². The molecular formula is C27H25FN4O3. The Bertz CT molecular complexity index is 1400. The van der Waals surface area contributed by atoms with E-state index in [9.17, 15) is 14.0 Å². The maximum Gasteiger partial charge on any atom is 0.273 e. The van der Waals surface area contributed by atoms with Crippen LogP contribution in [-0.2, 0) is 24.4 Å². The van der Waals surface area contributed by atoms with Crippen molar-refractivity contribution in [2.24, 2.45) is 0 Å². The lowest BCUT2D eigenvalue weighted by Crippen LogP contribution is -2.63. The van der Waals surface area contributed by atoms with E-state index in [1.807, 2.05) is 31.2 Å². The Labute approximate surface area is 202 Å². The van der Waals surface area contributed by atoms with E-state index in [0.29, 0.717) is 22.7 Å². The number of rotatable bonds is 6. The molecule has 4 aromatic rings. The SMILES string of the molecule is Cc1ccccc1CN1C(=O)c2cc(-c3ccco3)nn2C[C@]1(C)C(=O)NCc1cccc(F)c1. The summed E-state index contributed by atoms with van der Waals surface area (Å²) in [5, 5.41) is 7.45. The maximum absolute atomic E-state index is 13.8. The summed E-state index contributed by atoms with van der Waals surface area (Å²) in [6.07, 6.45) is 1.55. The van der Waals surface area contributed by atoms with Crippen LogP contribution >= 0.6 is 0 Å². The molecule has 3 heterocycles. The molecule has 2 aromatic heterocycles. The van der Waals surface area contributed by atoms with Crippen LogP contribution < -0.4 is 5.32 Å². The van der Waals surface area contributed by atoms with Gasteiger partial charge < -0.3 is 14.6 Å². The van der Waals surface area contributed by atoms with Crippen molar-refractivity contribution in [3.63, 3.8) is 0 Å². The number of furan rings is 1. The Morgan fingerprint density at radius 1 is 1.14 bits per heavy atom. The summed E-state index contributed by atoms with van der Waals surface area (Å²) in [6, 6.07) is 19.1. The Morgan fingerprint density at radius 2 is 1.97 bits per heavy atom. The molecule has 0 radical (unpaired) electrons. The van der Waals surface area contributed by atoms with Gasteiger partial charge in [-0.05, 0) is 54.8 Å². The number of hydrogen-bond donors (Lipinski definition) is 1. The number of fused-ring (bicyclic) bond motifs is 1. The van der Waals surface area contributed by atoms with Crippen molar-refractivity contribution in [3.8, 4) is 11.5 Å². The Morgan fingerprint density at radius 3 is 2.71 bits per heavy atom. The first-order chi connectivity index (χ1) is 16.8. The third-order valence-electron chi connectivity index (χ3n) is 6.49. The molecule has 0 unspecified atom stereocenters. The smallest absolute Gasteiger partial charge is 0.273 e. The van der Waals surface area contributed by atoms with Crippen LogP contribution in [0.3, 0.4) is 0 Å². The highest BCUT2D eigenvalue weighted by Crippen LogP contribution is 2.32. The molecule has 7 nitrogen and oxygen atoms in total. The summed E-state index contributed by atoms with van der Waals surface area (Å²) in [5.74, 6) is -0.469. The number of aryl methyl sites for hydroxylation is 1. The van der Waals surface area contributed by atoms with Crippen LogP contribution in [-0.4, -0.2) is 32.0 Å². The van der Waals surface area contributed by atoms with Crippen molar-refractivity contribution in [1.29, 1.82) is 0 Å². The van der Waals surface area contributed by atoms with Gasteiger partial charge in [0.05, 0.1) is 12.8 Å². The van der Waals surface area contributed by atoms with Gasteiger partial charge >= 0.3 is 0 Å². The molecule has 8 heteroatoms. The highest BCUT2D eigenvalue weighted by Gasteiger charge is 2.48. The van der Waals surface area contributed by atoms with E-state index in [4.69, 9.17) is 4.42 Å². The minimum Gasteiger partial charge on any atom is -0.463 e. The summed E-state index contributed by atoms with van der Waals surface area (Å²) in [7, 11) is 0. The maximum atomic E-state index is 13.8. The summed E-state index contributed by atoms with van der Waals surface area (Å²) < 4.78 is 20.6. The number of amides is 2. The zero-order valence-corrected chi connectivity index (χ0v) is 19.5. The lowest BCUT2D eigenvalue weighted by Gasteiger charge is -2.43. The van der Waals surface area contributed by atoms with E-state index in [1.54, 1.807) is 53.1 Å². The molecule has 178 valence electrons. The van der Waals surface area contributed by atoms with Gasteiger partial charge in [-0.25, -0.2) is 4.39 Å². The minimum absolute atomic E-state index is 0.141. The number of benzene rings is 2. The highest BCUT2D eigenvalue weighted by atomic mass is 19.1. The van der Waals surface area contributed by atoms with Crippen LogP contribution in [0.25, 0.3) is 11.5 Å². The molecule has 1 aliphatic rings. The van der Waals surface area contributed by atoms with Gasteiger partial charge in [0.2, 0.25) is 5.91 Å². The number of carbonyl (C=O) groups is 2. The van der Waals surface area contributed by atoms with Gasteiger partial charge in [0.25, 0.3) is 5.91 Å². The summed E-state index contributed by atoms with van der Waals surface area (Å²) in [6.45, 7) is 4.28. The predicted molar refractivity (Wildman–Crippen MR) is 128 cm³/mol. The number of nitrogens with one attached hydrogen (secondary N) is 1. The van der Waals surface area contributed by atoms with E-state index >= 15 is 0 Å². The van der Waals surface area contributed by atoms with Gasteiger partial charge in [-0.1, -0.05) is 36.4 Å². The second-order valence-electron chi connectivity index (χ2n) is 8.95. The molecule has 1 aliphatic heterocycles. The number of halogens is 1. The largest absolute Gasteiger partial charge is 0.463 e. The van der Waals surface area contributed by atoms with E-state index in [0.717, 1.165) is 11.1 Å². The minimum atomic E-state index is -1.23. The molecule has 1 atom stereocenters. The van der Waals surface area contributed by atoms with Crippen LogP contribution in [0.1, 0.15) is 34.1 Å². The van der Waals surface area contributed by atoms with Crippen LogP contribution in [0.15, 0.2) is 77.4 Å². The molecule has 5 rings (SSSR count). The van der Waals surface area contributed by atoms with Crippen molar-refractivity contribution in [1.82, 2.24) is 20.0 Å². The predicted octanol–water partition coefficient (Wildman–Crippen LogP) is 4.32. The Kier molecular flexibility index (Phi) is 5.72. The van der Waals surface area contributed by atoms with E-state index in [-0.39, 0.29) is 37.3 Å². The molecule has 35 heavy (non-hydrogen) atoms. The summed E-state index contributed by atoms with van der Waals surface area (Å²) in [4.78, 5) is 29.0. The van der Waals surface area contributed by atoms with E-state index in [2.05, 4.69) is 10.4 Å². The molecule has 1 N–H and O–H groups in total. The average molecular weight is 473 g/mol. The van der Waals surface area contributed by atoms with Gasteiger partial charge in [-0.3, -0.25) is 14.3 Å². The fourth-order valence-electron chi connectivity index (χ4n) is 4.41. The third kappa shape index (κ3) is 4.23. The Hall–Kier alpha value is -4.20.